The summed E-state index contributed by atoms with van der Waals surface area (Å²) in [6.07, 6.45) is 1.79. The summed E-state index contributed by atoms with van der Waals surface area (Å²) in [6.45, 7) is 10.7. The van der Waals surface area contributed by atoms with Crippen molar-refractivity contribution in [1.29, 1.82) is 0 Å². The minimum atomic E-state index is -0.293. The van der Waals surface area contributed by atoms with Crippen molar-refractivity contribution < 1.29 is 9.18 Å². The first kappa shape index (κ1) is 21.0. The zero-order valence-electron chi connectivity index (χ0n) is 17.8. The van der Waals surface area contributed by atoms with Crippen LogP contribution in [0.5, 0.6) is 0 Å². The smallest absolute Gasteiger partial charge is 0.274 e. The maximum atomic E-state index is 13.3. The highest BCUT2D eigenvalue weighted by molar-refractivity contribution is 7.14. The molecule has 0 atom stereocenters. The van der Waals surface area contributed by atoms with E-state index >= 15 is 0 Å². The van der Waals surface area contributed by atoms with Gasteiger partial charge in [-0.3, -0.25) is 10.1 Å². The molecule has 0 aliphatic carbocycles. The Kier molecular flexibility index (Phi) is 5.74. The number of amides is 1. The molecule has 0 saturated carbocycles. The van der Waals surface area contributed by atoms with Crippen LogP contribution in [0.25, 0.3) is 22.2 Å². The standard InChI is InChI=1S/C25H24FN3OS/c1-5-12-29-22-11-8-18(15(2)3)13-20(22)16(4)23(29)24(30)28-25-27-21(14-31-25)17-6-9-19(26)10-7-17/h5-11,13-15H,1,12H2,2-4H3,(H,27,28,30). The van der Waals surface area contributed by atoms with Crippen molar-refractivity contribution in [3.63, 3.8) is 0 Å². The SMILES string of the molecule is C=CCn1c(C(=O)Nc2nc(-c3ccc(F)cc3)cs2)c(C)c2cc(C(C)C)ccc21. The van der Waals surface area contributed by atoms with E-state index in [1.807, 2.05) is 16.9 Å². The first-order valence-corrected chi connectivity index (χ1v) is 11.0. The van der Waals surface area contributed by atoms with Gasteiger partial charge >= 0.3 is 0 Å². The van der Waals surface area contributed by atoms with Crippen LogP contribution in [-0.4, -0.2) is 15.5 Å². The summed E-state index contributed by atoms with van der Waals surface area (Å²) in [7, 11) is 0. The lowest BCUT2D eigenvalue weighted by molar-refractivity contribution is 0.101. The van der Waals surface area contributed by atoms with Crippen LogP contribution in [0.15, 0.2) is 60.5 Å². The van der Waals surface area contributed by atoms with Crippen LogP contribution < -0.4 is 5.32 Å². The summed E-state index contributed by atoms with van der Waals surface area (Å²) in [5.74, 6) is -0.0932. The molecule has 158 valence electrons. The van der Waals surface area contributed by atoms with Crippen LogP contribution in [0.1, 0.15) is 41.4 Å². The zero-order valence-corrected chi connectivity index (χ0v) is 18.6. The fourth-order valence-corrected chi connectivity index (χ4v) is 4.47. The molecule has 1 amide bonds. The third kappa shape index (κ3) is 4.03. The van der Waals surface area contributed by atoms with Crippen molar-refractivity contribution in [3.05, 3.63) is 83.1 Å². The Labute approximate surface area is 185 Å². The number of nitrogens with one attached hydrogen (secondary N) is 1. The van der Waals surface area contributed by atoms with Crippen molar-refractivity contribution >= 4 is 33.3 Å². The van der Waals surface area contributed by atoms with Gasteiger partial charge in [0.1, 0.15) is 11.5 Å². The maximum absolute atomic E-state index is 13.3. The lowest BCUT2D eigenvalue weighted by Gasteiger charge is -2.09. The average Bonchev–Trinajstić information content (AvgIpc) is 3.31. The number of hydrogen-bond donors (Lipinski definition) is 1. The molecular formula is C25H24FN3OS. The predicted octanol–water partition coefficient (Wildman–Crippen LogP) is 6.77. The molecule has 2 aromatic heterocycles. The molecule has 2 heterocycles. The van der Waals surface area contributed by atoms with Gasteiger partial charge in [-0.05, 0) is 60.4 Å². The predicted molar refractivity (Wildman–Crippen MR) is 126 cm³/mol. The van der Waals surface area contributed by atoms with Crippen LogP contribution in [0.3, 0.4) is 0 Å². The molecule has 0 unspecified atom stereocenters. The number of thiazole rings is 1. The van der Waals surface area contributed by atoms with Gasteiger partial charge in [0.05, 0.1) is 5.69 Å². The van der Waals surface area contributed by atoms with Crippen molar-refractivity contribution in [2.24, 2.45) is 0 Å². The largest absolute Gasteiger partial charge is 0.332 e. The molecule has 0 aliphatic heterocycles. The molecular weight excluding hydrogens is 409 g/mol. The molecule has 4 rings (SSSR count). The molecule has 2 aromatic carbocycles. The van der Waals surface area contributed by atoms with Crippen LogP contribution in [0, 0.1) is 12.7 Å². The summed E-state index contributed by atoms with van der Waals surface area (Å²) in [6, 6.07) is 12.5. The number of anilines is 1. The third-order valence-electron chi connectivity index (χ3n) is 5.40. The minimum absolute atomic E-state index is 0.207. The van der Waals surface area contributed by atoms with Crippen molar-refractivity contribution in [3.8, 4) is 11.3 Å². The molecule has 6 heteroatoms. The Morgan fingerprint density at radius 3 is 2.68 bits per heavy atom. The number of benzene rings is 2. The van der Waals surface area contributed by atoms with E-state index in [4.69, 9.17) is 0 Å². The third-order valence-corrected chi connectivity index (χ3v) is 6.16. The monoisotopic (exact) mass is 433 g/mol. The van der Waals surface area contributed by atoms with Crippen LogP contribution >= 0.6 is 11.3 Å². The van der Waals surface area contributed by atoms with Crippen molar-refractivity contribution in [1.82, 2.24) is 9.55 Å². The first-order chi connectivity index (χ1) is 14.9. The lowest BCUT2D eigenvalue weighted by Crippen LogP contribution is -2.18. The summed E-state index contributed by atoms with van der Waals surface area (Å²) >= 11 is 1.34. The Morgan fingerprint density at radius 1 is 1.26 bits per heavy atom. The normalized spacial score (nSPS) is 11.3. The summed E-state index contributed by atoms with van der Waals surface area (Å²) < 4.78 is 15.2. The Hall–Kier alpha value is -3.25. The minimum Gasteiger partial charge on any atom is -0.332 e. The number of carbonyl (C=O) groups is 1. The van der Waals surface area contributed by atoms with E-state index in [0.717, 1.165) is 22.0 Å². The summed E-state index contributed by atoms with van der Waals surface area (Å²) in [5.41, 5.74) is 5.29. The molecule has 4 aromatic rings. The zero-order chi connectivity index (χ0) is 22.1. The van der Waals surface area contributed by atoms with Gasteiger partial charge < -0.3 is 4.57 Å². The number of hydrogen-bond acceptors (Lipinski definition) is 3. The lowest BCUT2D eigenvalue weighted by atomic mass is 10.0. The van der Waals surface area contributed by atoms with Gasteiger partial charge in [0, 0.05) is 28.4 Å². The number of rotatable bonds is 6. The van der Waals surface area contributed by atoms with Crippen LogP contribution in [0.4, 0.5) is 9.52 Å². The quantitative estimate of drug-likeness (QED) is 0.341. The Balaban J connectivity index is 1.69. The highest BCUT2D eigenvalue weighted by Crippen LogP contribution is 2.31. The Bertz CT molecular complexity index is 1270. The van der Waals surface area contributed by atoms with Crippen molar-refractivity contribution in [2.45, 2.75) is 33.2 Å². The molecule has 0 spiro atoms. The second-order valence-electron chi connectivity index (χ2n) is 7.80. The van der Waals surface area contributed by atoms with Gasteiger partial charge in [-0.1, -0.05) is 26.0 Å². The average molecular weight is 434 g/mol. The fourth-order valence-electron chi connectivity index (χ4n) is 3.75. The molecule has 0 bridgehead atoms. The van der Waals surface area contributed by atoms with E-state index in [1.165, 1.54) is 29.0 Å². The van der Waals surface area contributed by atoms with Gasteiger partial charge in [0.15, 0.2) is 5.13 Å². The highest BCUT2D eigenvalue weighted by Gasteiger charge is 2.21. The molecule has 1 N–H and O–H groups in total. The number of fused-ring (bicyclic) bond motifs is 1. The van der Waals surface area contributed by atoms with E-state index < -0.39 is 0 Å². The van der Waals surface area contributed by atoms with Crippen LogP contribution in [-0.2, 0) is 6.54 Å². The van der Waals surface area contributed by atoms with Gasteiger partial charge in [-0.25, -0.2) is 9.37 Å². The molecule has 0 aliphatic rings. The molecule has 0 saturated heterocycles. The molecule has 4 nitrogen and oxygen atoms in total. The van der Waals surface area contributed by atoms with Gasteiger partial charge in [0.25, 0.3) is 5.91 Å². The number of nitrogens with zero attached hydrogens (tertiary/aromatic N) is 2. The second-order valence-corrected chi connectivity index (χ2v) is 8.66. The number of halogens is 1. The number of aryl methyl sites for hydroxylation is 1. The topological polar surface area (TPSA) is 46.9 Å². The second kappa shape index (κ2) is 8.47. The summed E-state index contributed by atoms with van der Waals surface area (Å²) in [5, 5.41) is 6.36. The molecule has 31 heavy (non-hydrogen) atoms. The van der Waals surface area contributed by atoms with E-state index in [1.54, 1.807) is 18.2 Å². The maximum Gasteiger partial charge on any atom is 0.274 e. The highest BCUT2D eigenvalue weighted by atomic mass is 32.1. The fraction of sp³-hybridized carbons (Fsp3) is 0.200. The first-order valence-electron chi connectivity index (χ1n) is 10.2. The van der Waals surface area contributed by atoms with Crippen molar-refractivity contribution in [2.75, 3.05) is 5.32 Å². The van der Waals surface area contributed by atoms with E-state index in [-0.39, 0.29) is 11.7 Å². The van der Waals surface area contributed by atoms with Gasteiger partial charge in [-0.2, -0.15) is 0 Å². The van der Waals surface area contributed by atoms with Crippen LogP contribution in [0.2, 0.25) is 0 Å². The number of carbonyl (C=O) groups excluding carboxylic acids is 1. The number of allylic oxidation sites excluding steroid dienone is 1. The van der Waals surface area contributed by atoms with E-state index in [9.17, 15) is 9.18 Å². The molecule has 0 fully saturated rings. The summed E-state index contributed by atoms with van der Waals surface area (Å²) in [4.78, 5) is 17.8. The Morgan fingerprint density at radius 2 is 2.00 bits per heavy atom. The molecule has 0 radical (unpaired) electrons. The van der Waals surface area contributed by atoms with Gasteiger partial charge in [-0.15, -0.1) is 17.9 Å². The van der Waals surface area contributed by atoms with E-state index in [0.29, 0.717) is 29.0 Å². The number of aromatic nitrogens is 2. The van der Waals surface area contributed by atoms with E-state index in [2.05, 4.69) is 48.9 Å². The van der Waals surface area contributed by atoms with Gasteiger partial charge in [0.2, 0.25) is 0 Å².